The molecule has 0 atom stereocenters. The zero-order valence-electron chi connectivity index (χ0n) is 7.05. The first-order valence-corrected chi connectivity index (χ1v) is 5.14. The number of thioether (sulfide) groups is 1. The van der Waals surface area contributed by atoms with Gasteiger partial charge in [0.25, 0.3) is 0 Å². The maximum absolute atomic E-state index is 3.18. The fourth-order valence-corrected chi connectivity index (χ4v) is 1.51. The van der Waals surface area contributed by atoms with E-state index in [0.29, 0.717) is 0 Å². The quantitative estimate of drug-likeness (QED) is 0.620. The van der Waals surface area contributed by atoms with Crippen molar-refractivity contribution in [3.63, 3.8) is 0 Å². The molecule has 0 spiro atoms. The summed E-state index contributed by atoms with van der Waals surface area (Å²) in [5.74, 6) is 0. The molecule has 0 aliphatic rings. The van der Waals surface area contributed by atoms with Crippen molar-refractivity contribution in [3.8, 4) is 0 Å². The van der Waals surface area contributed by atoms with Crippen molar-refractivity contribution >= 4 is 11.8 Å². The van der Waals surface area contributed by atoms with Gasteiger partial charge in [0, 0.05) is 4.90 Å². The van der Waals surface area contributed by atoms with E-state index in [1.54, 1.807) is 11.8 Å². The zero-order valence-corrected chi connectivity index (χ0v) is 7.87. The van der Waals surface area contributed by atoms with E-state index in [1.807, 2.05) is 6.07 Å². The maximum atomic E-state index is 3.18. The Labute approximate surface area is 73.0 Å². The summed E-state index contributed by atoms with van der Waals surface area (Å²) in [6.07, 6.45) is 4.49. The van der Waals surface area contributed by atoms with E-state index < -0.39 is 0 Å². The lowest BCUT2D eigenvalue weighted by molar-refractivity contribution is 0.917. The van der Waals surface area contributed by atoms with Crippen molar-refractivity contribution in [1.29, 1.82) is 0 Å². The monoisotopic (exact) mass is 165 g/mol. The Balaban J connectivity index is 2.74. The van der Waals surface area contributed by atoms with Crippen LogP contribution in [-0.2, 0) is 6.42 Å². The third-order valence-corrected chi connectivity index (χ3v) is 2.27. The lowest BCUT2D eigenvalue weighted by atomic mass is 10.1. The standard InChI is InChI=1S/C10H13S/c1-3-5-9-6-4-7-10(8-9)11-2/h4,6,8H,3,5H2,1-2H3. The molecule has 1 aromatic carbocycles. The summed E-state index contributed by atoms with van der Waals surface area (Å²) in [7, 11) is 0. The first-order chi connectivity index (χ1) is 5.36. The van der Waals surface area contributed by atoms with E-state index in [1.165, 1.54) is 23.3 Å². The average Bonchev–Trinajstić information content (AvgIpc) is 2.06. The summed E-state index contributed by atoms with van der Waals surface area (Å²) in [5.41, 5.74) is 1.43. The molecule has 0 saturated heterocycles. The largest absolute Gasteiger partial charge is 0.129 e. The molecule has 59 valence electrons. The van der Waals surface area contributed by atoms with Crippen molar-refractivity contribution < 1.29 is 0 Å². The molecular weight excluding hydrogens is 152 g/mol. The van der Waals surface area contributed by atoms with E-state index in [2.05, 4.69) is 31.4 Å². The maximum Gasteiger partial charge on any atom is 0.0151 e. The summed E-state index contributed by atoms with van der Waals surface area (Å²) < 4.78 is 0. The number of rotatable bonds is 3. The molecule has 0 aromatic heterocycles. The predicted octanol–water partition coefficient (Wildman–Crippen LogP) is 3.16. The minimum absolute atomic E-state index is 1.18. The number of hydrogen-bond donors (Lipinski definition) is 0. The van der Waals surface area contributed by atoms with E-state index in [0.717, 1.165) is 0 Å². The van der Waals surface area contributed by atoms with Gasteiger partial charge in [-0.15, -0.1) is 11.8 Å². The molecule has 0 fully saturated rings. The van der Waals surface area contributed by atoms with Crippen LogP contribution >= 0.6 is 11.8 Å². The van der Waals surface area contributed by atoms with E-state index in [9.17, 15) is 0 Å². The second-order valence-electron chi connectivity index (χ2n) is 2.52. The van der Waals surface area contributed by atoms with E-state index in [-0.39, 0.29) is 0 Å². The Bertz CT molecular complexity index is 218. The molecule has 0 saturated carbocycles. The smallest absolute Gasteiger partial charge is 0.0151 e. The van der Waals surface area contributed by atoms with Crippen LogP contribution in [0.5, 0.6) is 0 Å². The minimum atomic E-state index is 1.18. The summed E-state index contributed by atoms with van der Waals surface area (Å²) in [4.78, 5) is 1.25. The molecule has 1 aromatic rings. The molecule has 1 rings (SSSR count). The normalized spacial score (nSPS) is 10.0. The Morgan fingerprint density at radius 3 is 3.00 bits per heavy atom. The van der Waals surface area contributed by atoms with Crippen molar-refractivity contribution in [1.82, 2.24) is 0 Å². The van der Waals surface area contributed by atoms with Crippen molar-refractivity contribution in [2.24, 2.45) is 0 Å². The van der Waals surface area contributed by atoms with Crippen LogP contribution in [0.2, 0.25) is 0 Å². The van der Waals surface area contributed by atoms with Crippen LogP contribution in [0, 0.1) is 6.07 Å². The first kappa shape index (κ1) is 8.66. The number of aryl methyl sites for hydroxylation is 1. The zero-order chi connectivity index (χ0) is 8.10. The topological polar surface area (TPSA) is 0 Å². The van der Waals surface area contributed by atoms with Crippen LogP contribution in [0.3, 0.4) is 0 Å². The van der Waals surface area contributed by atoms with Crippen molar-refractivity contribution in [3.05, 3.63) is 29.8 Å². The first-order valence-electron chi connectivity index (χ1n) is 3.91. The highest BCUT2D eigenvalue weighted by atomic mass is 32.2. The highest BCUT2D eigenvalue weighted by Crippen LogP contribution is 2.15. The van der Waals surface area contributed by atoms with Gasteiger partial charge in [0.2, 0.25) is 0 Å². The molecular formula is C10H13S. The molecule has 0 N–H and O–H groups in total. The van der Waals surface area contributed by atoms with Crippen LogP contribution in [0.15, 0.2) is 23.1 Å². The van der Waals surface area contributed by atoms with Gasteiger partial charge in [-0.3, -0.25) is 0 Å². The molecule has 0 bridgehead atoms. The van der Waals surface area contributed by atoms with Gasteiger partial charge < -0.3 is 0 Å². The third kappa shape index (κ3) is 2.58. The minimum Gasteiger partial charge on any atom is -0.129 e. The summed E-state index contributed by atoms with van der Waals surface area (Å²) >= 11 is 1.75. The molecule has 0 unspecified atom stereocenters. The number of benzene rings is 1. The molecule has 0 aliphatic heterocycles. The molecule has 0 amide bonds. The SMILES string of the molecule is CCCc1cc[c]c(SC)c1. The fourth-order valence-electron chi connectivity index (χ4n) is 1.05. The van der Waals surface area contributed by atoms with Crippen molar-refractivity contribution in [2.45, 2.75) is 24.7 Å². The summed E-state index contributed by atoms with van der Waals surface area (Å²) in [6, 6.07) is 9.55. The van der Waals surface area contributed by atoms with Gasteiger partial charge in [0.15, 0.2) is 0 Å². The van der Waals surface area contributed by atoms with Gasteiger partial charge in [-0.25, -0.2) is 0 Å². The lowest BCUT2D eigenvalue weighted by Gasteiger charge is -1.99. The lowest BCUT2D eigenvalue weighted by Crippen LogP contribution is -1.82. The van der Waals surface area contributed by atoms with Gasteiger partial charge in [0.05, 0.1) is 0 Å². The van der Waals surface area contributed by atoms with E-state index >= 15 is 0 Å². The Morgan fingerprint density at radius 1 is 1.55 bits per heavy atom. The van der Waals surface area contributed by atoms with Gasteiger partial charge in [-0.2, -0.15) is 0 Å². The molecule has 11 heavy (non-hydrogen) atoms. The molecule has 1 radical (unpaired) electrons. The van der Waals surface area contributed by atoms with E-state index in [4.69, 9.17) is 0 Å². The van der Waals surface area contributed by atoms with Gasteiger partial charge >= 0.3 is 0 Å². The Kier molecular flexibility index (Phi) is 3.50. The van der Waals surface area contributed by atoms with Gasteiger partial charge in [0.1, 0.15) is 0 Å². The van der Waals surface area contributed by atoms with Crippen LogP contribution < -0.4 is 0 Å². The molecule has 0 heterocycles. The Hall–Kier alpha value is -0.430. The van der Waals surface area contributed by atoms with Gasteiger partial charge in [-0.1, -0.05) is 25.5 Å². The molecule has 1 heteroatoms. The second kappa shape index (κ2) is 4.45. The van der Waals surface area contributed by atoms with Crippen LogP contribution in [0.1, 0.15) is 18.9 Å². The van der Waals surface area contributed by atoms with Gasteiger partial charge in [-0.05, 0) is 30.4 Å². The fraction of sp³-hybridized carbons (Fsp3) is 0.400. The second-order valence-corrected chi connectivity index (χ2v) is 3.36. The average molecular weight is 165 g/mol. The highest BCUT2D eigenvalue weighted by Gasteiger charge is 1.92. The molecule has 0 aliphatic carbocycles. The van der Waals surface area contributed by atoms with Crippen LogP contribution in [-0.4, -0.2) is 6.26 Å². The third-order valence-electron chi connectivity index (χ3n) is 1.60. The number of hydrogen-bond acceptors (Lipinski definition) is 1. The van der Waals surface area contributed by atoms with Crippen LogP contribution in [0.25, 0.3) is 0 Å². The summed E-state index contributed by atoms with van der Waals surface area (Å²) in [5, 5.41) is 0. The van der Waals surface area contributed by atoms with Crippen molar-refractivity contribution in [2.75, 3.05) is 6.26 Å². The predicted molar refractivity (Wildman–Crippen MR) is 51.1 cm³/mol. The highest BCUT2D eigenvalue weighted by molar-refractivity contribution is 7.98. The van der Waals surface area contributed by atoms with Crippen LogP contribution in [0.4, 0.5) is 0 Å². The Morgan fingerprint density at radius 2 is 2.36 bits per heavy atom. The molecule has 0 nitrogen and oxygen atoms in total. The summed E-state index contributed by atoms with van der Waals surface area (Å²) in [6.45, 7) is 2.20.